The van der Waals surface area contributed by atoms with Gasteiger partial charge in [-0.05, 0) is 36.4 Å². The van der Waals surface area contributed by atoms with Crippen molar-refractivity contribution in [1.29, 1.82) is 0 Å². The number of rotatable bonds is 4. The third-order valence-electron chi connectivity index (χ3n) is 4.27. The first-order valence-corrected chi connectivity index (χ1v) is 10.1. The van der Waals surface area contributed by atoms with Crippen LogP contribution >= 0.6 is 11.6 Å². The van der Waals surface area contributed by atoms with E-state index in [-0.39, 0.29) is 18.5 Å². The van der Waals surface area contributed by atoms with Crippen molar-refractivity contribution in [2.24, 2.45) is 0 Å². The first-order chi connectivity index (χ1) is 11.3. The monoisotopic (exact) mass is 369 g/mol. The summed E-state index contributed by atoms with van der Waals surface area (Å²) >= 11 is 6.04. The zero-order valence-corrected chi connectivity index (χ0v) is 15.0. The molecular formula is C16H20ClN3O3S. The lowest BCUT2D eigenvalue weighted by Crippen LogP contribution is -2.47. The molecule has 1 amide bonds. The zero-order valence-electron chi connectivity index (χ0n) is 13.4. The lowest BCUT2D eigenvalue weighted by Gasteiger charge is -2.32. The molecule has 1 aliphatic heterocycles. The number of carbonyl (C=O) groups is 1. The number of hydrogen-bond donors (Lipinski definition) is 1. The fraction of sp³-hybridized carbons (Fsp3) is 0.438. The number of benzene rings is 1. The Bertz CT molecular complexity index is 855. The molecule has 0 radical (unpaired) electrons. The van der Waals surface area contributed by atoms with Crippen molar-refractivity contribution in [3.05, 3.63) is 35.5 Å². The number of fused-ring (bicyclic) bond motifs is 1. The van der Waals surface area contributed by atoms with E-state index in [2.05, 4.69) is 4.72 Å². The standard InChI is InChI=1S/C16H20ClN3O3S/c1-24(22,23)18-14-5-8-19(9-6-14)16(21)11-20-7-4-12-2-3-13(17)10-15(12)20/h2-4,7,10,14,18H,5-6,8-9,11H2,1H3. The van der Waals surface area contributed by atoms with Crippen LogP contribution in [0.15, 0.2) is 30.5 Å². The number of piperidine rings is 1. The summed E-state index contributed by atoms with van der Waals surface area (Å²) in [7, 11) is -3.20. The van der Waals surface area contributed by atoms with E-state index in [4.69, 9.17) is 11.6 Å². The molecule has 1 aliphatic rings. The molecule has 24 heavy (non-hydrogen) atoms. The summed E-state index contributed by atoms with van der Waals surface area (Å²) in [6.07, 6.45) is 4.32. The topological polar surface area (TPSA) is 71.4 Å². The lowest BCUT2D eigenvalue weighted by atomic mass is 10.1. The molecule has 0 spiro atoms. The number of sulfonamides is 1. The molecule has 1 aromatic carbocycles. The molecule has 0 unspecified atom stereocenters. The van der Waals surface area contributed by atoms with Gasteiger partial charge in [0.05, 0.1) is 6.26 Å². The smallest absolute Gasteiger partial charge is 0.242 e. The van der Waals surface area contributed by atoms with Crippen molar-refractivity contribution in [3.63, 3.8) is 0 Å². The Balaban J connectivity index is 1.62. The van der Waals surface area contributed by atoms with Gasteiger partial charge in [0.2, 0.25) is 15.9 Å². The molecule has 0 aliphatic carbocycles. The van der Waals surface area contributed by atoms with Gasteiger partial charge < -0.3 is 9.47 Å². The molecule has 0 atom stereocenters. The molecule has 1 saturated heterocycles. The minimum absolute atomic E-state index is 0.0327. The molecule has 0 saturated carbocycles. The summed E-state index contributed by atoms with van der Waals surface area (Å²) in [4.78, 5) is 14.3. The van der Waals surface area contributed by atoms with E-state index in [0.29, 0.717) is 31.0 Å². The Morgan fingerprint density at radius 1 is 1.29 bits per heavy atom. The fourth-order valence-electron chi connectivity index (χ4n) is 3.09. The van der Waals surface area contributed by atoms with Crippen LogP contribution in [0, 0.1) is 0 Å². The lowest BCUT2D eigenvalue weighted by molar-refractivity contribution is -0.132. The average molecular weight is 370 g/mol. The number of likely N-dealkylation sites (tertiary alicyclic amines) is 1. The van der Waals surface area contributed by atoms with Crippen LogP contribution in [-0.4, -0.2) is 49.2 Å². The van der Waals surface area contributed by atoms with Crippen LogP contribution in [0.5, 0.6) is 0 Å². The van der Waals surface area contributed by atoms with Gasteiger partial charge in [-0.25, -0.2) is 13.1 Å². The van der Waals surface area contributed by atoms with E-state index >= 15 is 0 Å². The molecule has 2 aromatic rings. The fourth-order valence-corrected chi connectivity index (χ4v) is 4.10. The van der Waals surface area contributed by atoms with Crippen molar-refractivity contribution in [1.82, 2.24) is 14.2 Å². The highest BCUT2D eigenvalue weighted by Gasteiger charge is 2.24. The highest BCUT2D eigenvalue weighted by Crippen LogP contribution is 2.21. The number of carbonyl (C=O) groups excluding carboxylic acids is 1. The molecule has 1 N–H and O–H groups in total. The Morgan fingerprint density at radius 3 is 2.67 bits per heavy atom. The number of amides is 1. The Hall–Kier alpha value is -1.57. The van der Waals surface area contributed by atoms with Crippen LogP contribution in [0.1, 0.15) is 12.8 Å². The van der Waals surface area contributed by atoms with Gasteiger partial charge in [0.25, 0.3) is 0 Å². The van der Waals surface area contributed by atoms with Crippen LogP contribution in [-0.2, 0) is 21.4 Å². The minimum atomic E-state index is -3.20. The van der Waals surface area contributed by atoms with Gasteiger partial charge >= 0.3 is 0 Å². The number of hydrogen-bond acceptors (Lipinski definition) is 3. The van der Waals surface area contributed by atoms with E-state index in [1.165, 1.54) is 0 Å². The van der Waals surface area contributed by atoms with Gasteiger partial charge in [-0.2, -0.15) is 0 Å². The molecule has 6 nitrogen and oxygen atoms in total. The first-order valence-electron chi connectivity index (χ1n) is 7.81. The second kappa shape index (κ2) is 6.74. The second-order valence-electron chi connectivity index (χ2n) is 6.19. The van der Waals surface area contributed by atoms with E-state index in [0.717, 1.165) is 17.2 Å². The van der Waals surface area contributed by atoms with E-state index in [9.17, 15) is 13.2 Å². The third-order valence-corrected chi connectivity index (χ3v) is 5.27. The number of nitrogens with zero attached hydrogens (tertiary/aromatic N) is 2. The second-order valence-corrected chi connectivity index (χ2v) is 8.41. The van der Waals surface area contributed by atoms with Crippen LogP contribution in [0.4, 0.5) is 0 Å². The van der Waals surface area contributed by atoms with Gasteiger partial charge in [-0.15, -0.1) is 0 Å². The molecule has 3 rings (SSSR count). The Labute approximate surface area is 146 Å². The molecule has 1 aromatic heterocycles. The molecular weight excluding hydrogens is 350 g/mol. The predicted octanol–water partition coefficient (Wildman–Crippen LogP) is 1.83. The van der Waals surface area contributed by atoms with Gasteiger partial charge in [-0.1, -0.05) is 17.7 Å². The Morgan fingerprint density at radius 2 is 2.00 bits per heavy atom. The molecule has 0 bridgehead atoms. The van der Waals surface area contributed by atoms with Crippen molar-refractivity contribution < 1.29 is 13.2 Å². The SMILES string of the molecule is CS(=O)(=O)NC1CCN(C(=O)Cn2ccc3ccc(Cl)cc32)CC1. The maximum Gasteiger partial charge on any atom is 0.242 e. The highest BCUT2D eigenvalue weighted by atomic mass is 35.5. The zero-order chi connectivity index (χ0) is 17.3. The summed E-state index contributed by atoms with van der Waals surface area (Å²) in [6, 6.07) is 7.49. The number of aromatic nitrogens is 1. The summed E-state index contributed by atoms with van der Waals surface area (Å²) in [5.74, 6) is 0.0327. The van der Waals surface area contributed by atoms with Crippen LogP contribution in [0.3, 0.4) is 0 Å². The first kappa shape index (κ1) is 17.3. The minimum Gasteiger partial charge on any atom is -0.341 e. The largest absolute Gasteiger partial charge is 0.341 e. The maximum absolute atomic E-state index is 12.5. The number of nitrogens with one attached hydrogen (secondary N) is 1. The summed E-state index contributed by atoms with van der Waals surface area (Å²) in [6.45, 7) is 1.38. The van der Waals surface area contributed by atoms with Crippen molar-refractivity contribution in [3.8, 4) is 0 Å². The summed E-state index contributed by atoms with van der Waals surface area (Å²) < 4.78 is 27.0. The van der Waals surface area contributed by atoms with E-state index in [1.807, 2.05) is 35.0 Å². The van der Waals surface area contributed by atoms with Gasteiger partial charge in [-0.3, -0.25) is 4.79 Å². The average Bonchev–Trinajstić information content (AvgIpc) is 2.88. The summed E-state index contributed by atoms with van der Waals surface area (Å²) in [5, 5.41) is 1.69. The van der Waals surface area contributed by atoms with Gasteiger partial charge in [0.15, 0.2) is 0 Å². The van der Waals surface area contributed by atoms with E-state index in [1.54, 1.807) is 4.90 Å². The van der Waals surface area contributed by atoms with Gasteiger partial charge in [0, 0.05) is 35.9 Å². The summed E-state index contributed by atoms with van der Waals surface area (Å²) in [5.41, 5.74) is 0.935. The molecule has 2 heterocycles. The van der Waals surface area contributed by atoms with Crippen LogP contribution in [0.2, 0.25) is 5.02 Å². The maximum atomic E-state index is 12.5. The molecule has 130 valence electrons. The highest BCUT2D eigenvalue weighted by molar-refractivity contribution is 7.88. The van der Waals surface area contributed by atoms with Crippen molar-refractivity contribution >= 4 is 38.4 Å². The van der Waals surface area contributed by atoms with Crippen LogP contribution < -0.4 is 4.72 Å². The normalized spacial score (nSPS) is 16.7. The molecule has 8 heteroatoms. The number of halogens is 1. The van der Waals surface area contributed by atoms with Gasteiger partial charge in [0.1, 0.15) is 6.54 Å². The molecule has 1 fully saturated rings. The predicted molar refractivity (Wildman–Crippen MR) is 94.5 cm³/mol. The Kier molecular flexibility index (Phi) is 4.85. The quantitative estimate of drug-likeness (QED) is 0.893. The van der Waals surface area contributed by atoms with Crippen molar-refractivity contribution in [2.75, 3.05) is 19.3 Å². The van der Waals surface area contributed by atoms with Crippen molar-refractivity contribution in [2.45, 2.75) is 25.4 Å². The third kappa shape index (κ3) is 4.09. The van der Waals surface area contributed by atoms with Crippen LogP contribution in [0.25, 0.3) is 10.9 Å². The van der Waals surface area contributed by atoms with E-state index < -0.39 is 10.0 Å².